The van der Waals surface area contributed by atoms with Crippen LogP contribution in [-0.2, 0) is 48.0 Å². The quantitative estimate of drug-likeness (QED) is 0.0220. The summed E-state index contributed by atoms with van der Waals surface area (Å²) in [6, 6.07) is 10.5. The maximum Gasteiger partial charge on any atom is 0.293 e. The molecule has 0 radical (unpaired) electrons. The molecular formula is C72H72Cl3F9N12O12. The Morgan fingerprint density at radius 1 is 0.389 bits per heavy atom. The molecule has 0 saturated heterocycles. The van der Waals surface area contributed by atoms with Gasteiger partial charge in [-0.15, -0.1) is 0 Å². The first-order chi connectivity index (χ1) is 50.4. The molecule has 3 aromatic carbocycles. The number of benzene rings is 3. The zero-order chi connectivity index (χ0) is 79.7. The van der Waals surface area contributed by atoms with E-state index in [0.717, 1.165) is 18.2 Å². The van der Waals surface area contributed by atoms with Crippen LogP contribution in [-0.4, -0.2) is 140 Å². The predicted octanol–water partition coefficient (Wildman–Crippen LogP) is 10.7. The minimum absolute atomic E-state index is 0.00252. The van der Waals surface area contributed by atoms with Crippen LogP contribution in [0.5, 0.6) is 0 Å². The Bertz CT molecular complexity index is 4370. The van der Waals surface area contributed by atoms with E-state index in [2.05, 4.69) is 47.9 Å². The molecule has 36 heteroatoms. The molecule has 576 valence electrons. The highest BCUT2D eigenvalue weighted by atomic mass is 35.5. The summed E-state index contributed by atoms with van der Waals surface area (Å²) in [7, 11) is 3.75. The number of halogens is 12. The number of nitrogens with zero attached hydrogens (tertiary/aromatic N) is 3. The normalized spacial score (nSPS) is 19.1. The number of Topliss-reactive ketones (excluding diaryl/α,β-unsaturated/α-hetero) is 3. The van der Waals surface area contributed by atoms with Gasteiger partial charge in [0.2, 0.25) is 17.7 Å². The number of amides is 9. The summed E-state index contributed by atoms with van der Waals surface area (Å²) >= 11 is 17.4. The van der Waals surface area contributed by atoms with Crippen molar-refractivity contribution in [1.29, 1.82) is 0 Å². The second-order valence-corrected chi connectivity index (χ2v) is 29.1. The van der Waals surface area contributed by atoms with Crippen LogP contribution in [0, 0.1) is 38.2 Å². The monoisotopic (exact) mass is 1570 g/mol. The van der Waals surface area contributed by atoms with Gasteiger partial charge >= 0.3 is 0 Å². The lowest BCUT2D eigenvalue weighted by atomic mass is 9.72. The number of alkyl halides is 6. The van der Waals surface area contributed by atoms with Gasteiger partial charge in [0.15, 0.2) is 0 Å². The van der Waals surface area contributed by atoms with Gasteiger partial charge in [0.1, 0.15) is 51.2 Å². The van der Waals surface area contributed by atoms with Gasteiger partial charge in [-0.25, -0.2) is 39.5 Å². The summed E-state index contributed by atoms with van der Waals surface area (Å²) in [6.07, 6.45) is -2.48. The fourth-order valence-electron chi connectivity index (χ4n) is 15.3. The molecule has 3 aliphatic heterocycles. The largest absolute Gasteiger partial charge is 0.357 e. The summed E-state index contributed by atoms with van der Waals surface area (Å²) in [5.41, 5.74) is -2.46. The molecule has 6 aromatic rings. The number of hydrogen-bond donors (Lipinski definition) is 9. The van der Waals surface area contributed by atoms with E-state index in [0.29, 0.717) is 55.6 Å². The van der Waals surface area contributed by atoms with E-state index in [9.17, 15) is 97.0 Å². The fourth-order valence-corrected chi connectivity index (χ4v) is 15.8. The van der Waals surface area contributed by atoms with Crippen molar-refractivity contribution in [3.63, 3.8) is 0 Å². The third kappa shape index (κ3) is 15.2. The number of aromatic nitrogens is 3. The standard InChI is InChI=1S/3C24H24ClF3N4O4/c3*1-11-4-7-16-17(19(33)21(35)31-23(22(36)29-3)9-24(27,28)10-23)12(2)18(32(11)16)20(34)30-13-5-6-15(26)14(25)8-13/h3*5-6,8,11H,4,7,9-10H2,1-3H3,(H,29,36)(H,30,34)(H,31,35)/t2*11-;/m10./s1. The van der Waals surface area contributed by atoms with E-state index >= 15 is 0 Å². The van der Waals surface area contributed by atoms with E-state index in [-0.39, 0.29) is 101 Å². The third-order valence-electron chi connectivity index (χ3n) is 20.3. The van der Waals surface area contributed by atoms with Crippen LogP contribution in [0.4, 0.5) is 56.6 Å². The van der Waals surface area contributed by atoms with E-state index in [1.165, 1.54) is 78.3 Å². The predicted molar refractivity (Wildman–Crippen MR) is 375 cm³/mol. The summed E-state index contributed by atoms with van der Waals surface area (Å²) in [5.74, 6) is -22.3. The Kier molecular flexibility index (Phi) is 22.3. The van der Waals surface area contributed by atoms with E-state index in [1.807, 2.05) is 20.8 Å². The molecule has 3 aromatic heterocycles. The van der Waals surface area contributed by atoms with Crippen LogP contribution in [0.1, 0.15) is 193 Å². The molecule has 0 spiro atoms. The molecule has 12 rings (SSSR count). The van der Waals surface area contributed by atoms with Crippen molar-refractivity contribution in [2.24, 2.45) is 0 Å². The summed E-state index contributed by atoms with van der Waals surface area (Å²) in [5, 5.41) is 20.7. The minimum Gasteiger partial charge on any atom is -0.357 e. The molecule has 3 aliphatic carbocycles. The molecule has 3 fully saturated rings. The molecule has 6 heterocycles. The summed E-state index contributed by atoms with van der Waals surface area (Å²) < 4.78 is 127. The Hall–Kier alpha value is -10.0. The summed E-state index contributed by atoms with van der Waals surface area (Å²) in [4.78, 5) is 155. The van der Waals surface area contributed by atoms with Crippen LogP contribution in [0.15, 0.2) is 54.6 Å². The zero-order valence-electron chi connectivity index (χ0n) is 59.2. The SMILES string of the molecule is CNC(=O)C1(NC(=O)C(=O)c2c(C)c(C(=O)Nc3ccc(F)c(Cl)c3)n3c2CCC3C)CC(F)(F)C1.CNC(=O)C1(NC(=O)C(=O)c2c(C)c(C(=O)Nc3ccc(F)c(Cl)c3)n3c2CC[C@@H]3C)CC(F)(F)C1.CNC(=O)C1(NC(=O)C(=O)c2c(C)c(C(=O)Nc3ccc(F)c(Cl)c3)n3c2CC[C@H]3C)CC(F)(F)C1. The molecule has 0 bridgehead atoms. The van der Waals surface area contributed by atoms with Crippen molar-refractivity contribution in [2.45, 2.75) is 171 Å². The van der Waals surface area contributed by atoms with Crippen molar-refractivity contribution < 1.29 is 97.0 Å². The Morgan fingerprint density at radius 3 is 0.806 bits per heavy atom. The van der Waals surface area contributed by atoms with Gasteiger partial charge in [0.25, 0.3) is 70.6 Å². The van der Waals surface area contributed by atoms with E-state index in [4.69, 9.17) is 34.8 Å². The van der Waals surface area contributed by atoms with Crippen molar-refractivity contribution in [1.82, 2.24) is 45.6 Å². The Labute approximate surface area is 625 Å². The maximum absolute atomic E-state index is 13.6. The van der Waals surface area contributed by atoms with Crippen LogP contribution in [0.3, 0.4) is 0 Å². The molecule has 6 aliphatic rings. The number of ketones is 3. The topological polar surface area (TPSA) is 328 Å². The number of rotatable bonds is 18. The smallest absolute Gasteiger partial charge is 0.293 e. The maximum atomic E-state index is 13.6. The van der Waals surface area contributed by atoms with Crippen LogP contribution >= 0.6 is 34.8 Å². The number of fused-ring (bicyclic) bond motifs is 3. The molecule has 9 N–H and O–H groups in total. The average molecular weight is 1570 g/mol. The number of anilines is 3. The zero-order valence-corrected chi connectivity index (χ0v) is 61.5. The first-order valence-electron chi connectivity index (χ1n) is 33.8. The van der Waals surface area contributed by atoms with Gasteiger partial charge in [0.05, 0.1) is 31.8 Å². The Morgan fingerprint density at radius 2 is 0.611 bits per heavy atom. The van der Waals surface area contributed by atoms with Crippen molar-refractivity contribution >= 4 is 122 Å². The molecule has 3 atom stereocenters. The van der Waals surface area contributed by atoms with Crippen LogP contribution in [0.25, 0.3) is 0 Å². The second kappa shape index (κ2) is 29.9. The van der Waals surface area contributed by atoms with Gasteiger partial charge in [-0.05, 0) is 151 Å². The highest BCUT2D eigenvalue weighted by Crippen LogP contribution is 2.49. The number of carbonyl (C=O) groups excluding carboxylic acids is 12. The van der Waals surface area contributed by atoms with Gasteiger partial charge in [-0.3, -0.25) is 57.5 Å². The number of hydrogen-bond acceptors (Lipinski definition) is 12. The molecule has 1 unspecified atom stereocenters. The molecule has 24 nitrogen and oxygen atoms in total. The lowest BCUT2D eigenvalue weighted by Crippen LogP contribution is -2.69. The van der Waals surface area contributed by atoms with Crippen LogP contribution in [0.2, 0.25) is 15.1 Å². The van der Waals surface area contributed by atoms with Gasteiger partial charge in [-0.1, -0.05) is 34.8 Å². The molecule has 3 saturated carbocycles. The van der Waals surface area contributed by atoms with Crippen molar-refractivity contribution in [3.8, 4) is 0 Å². The Balaban J connectivity index is 0.000000173. The van der Waals surface area contributed by atoms with E-state index < -0.39 is 161 Å². The van der Waals surface area contributed by atoms with Crippen molar-refractivity contribution in [2.75, 3.05) is 37.1 Å². The molecule has 108 heavy (non-hydrogen) atoms. The van der Waals surface area contributed by atoms with Crippen molar-refractivity contribution in [3.05, 3.63) is 155 Å². The van der Waals surface area contributed by atoms with Gasteiger partial charge in [-0.2, -0.15) is 0 Å². The number of likely N-dealkylation sites (N-methyl/N-ethyl adjacent to an activating group) is 3. The highest BCUT2D eigenvalue weighted by molar-refractivity contribution is 6.46. The van der Waals surface area contributed by atoms with Gasteiger partial charge < -0.3 is 61.6 Å². The minimum atomic E-state index is -3.14. The van der Waals surface area contributed by atoms with Gasteiger partial charge in [0, 0.05) is 112 Å². The third-order valence-corrected chi connectivity index (χ3v) is 21.1. The lowest BCUT2D eigenvalue weighted by molar-refractivity contribution is -0.164. The van der Waals surface area contributed by atoms with E-state index in [1.54, 1.807) is 13.7 Å². The lowest BCUT2D eigenvalue weighted by Gasteiger charge is -2.45. The number of nitrogens with one attached hydrogen (secondary N) is 9. The molecule has 9 amide bonds. The van der Waals surface area contributed by atoms with Crippen LogP contribution < -0.4 is 47.9 Å². The highest BCUT2D eigenvalue weighted by Gasteiger charge is 2.64. The molecular weight excluding hydrogens is 1500 g/mol. The second-order valence-electron chi connectivity index (χ2n) is 27.9. The summed E-state index contributed by atoms with van der Waals surface area (Å²) in [6.45, 7) is 10.1. The average Bonchev–Trinajstić information content (AvgIpc) is 1.52. The fraction of sp³-hybridized carbons (Fsp3) is 0.417. The first kappa shape index (κ1) is 80.5. The first-order valence-corrected chi connectivity index (χ1v) is 34.9. The number of carbonyl (C=O) groups is 12.